The number of ketones is 2. The number of Topliss-reactive ketones (excluding diaryl/α,β-unsaturated/α-hetero) is 2. The number of carbonyl (C=O) groups is 3. The molecule has 1 amide bonds. The summed E-state index contributed by atoms with van der Waals surface area (Å²) in [7, 11) is 3.23. The Kier molecular flexibility index (Phi) is 7.08. The molecule has 0 aromatic heterocycles. The molecule has 1 heterocycles. The third kappa shape index (κ3) is 4.24. The predicted octanol–water partition coefficient (Wildman–Crippen LogP) is 3.54. The lowest BCUT2D eigenvalue weighted by Crippen LogP contribution is -2.63. The van der Waals surface area contributed by atoms with Gasteiger partial charge in [-0.05, 0) is 97.9 Å². The number of rotatable bonds is 5. The van der Waals surface area contributed by atoms with Crippen LogP contribution in [0.2, 0.25) is 0 Å². The number of aromatic hydroxyl groups is 1. The maximum Gasteiger partial charge on any atom is 0.255 e. The zero-order valence-electron chi connectivity index (χ0n) is 25.8. The van der Waals surface area contributed by atoms with Gasteiger partial charge in [-0.1, -0.05) is 42.5 Å². The number of primary amides is 1. The number of phenols is 1. The number of benzene rings is 3. The second kappa shape index (κ2) is 10.8. The van der Waals surface area contributed by atoms with Crippen LogP contribution in [0.5, 0.6) is 5.75 Å². The molecule has 238 valence electrons. The smallest absolute Gasteiger partial charge is 0.255 e. The van der Waals surface area contributed by atoms with Crippen LogP contribution in [0, 0.1) is 11.8 Å². The highest BCUT2D eigenvalue weighted by atomic mass is 16.3. The van der Waals surface area contributed by atoms with E-state index in [-0.39, 0.29) is 29.7 Å². The van der Waals surface area contributed by atoms with E-state index >= 15 is 0 Å². The molecule has 0 spiro atoms. The Morgan fingerprint density at radius 1 is 0.978 bits per heavy atom. The number of nitrogens with two attached hydrogens (primary N) is 1. The molecule has 1 fully saturated rings. The summed E-state index contributed by atoms with van der Waals surface area (Å²) in [5.74, 6) is -6.65. The molecule has 0 bridgehead atoms. The molecule has 10 nitrogen and oxygen atoms in total. The summed E-state index contributed by atoms with van der Waals surface area (Å²) in [5, 5.41) is 47.7. The van der Waals surface area contributed by atoms with E-state index in [0.717, 1.165) is 41.5 Å². The lowest BCUT2D eigenvalue weighted by molar-refractivity contribution is -0.148. The first kappa shape index (κ1) is 30.2. The number of nitrogens with zero attached hydrogens (tertiary/aromatic N) is 2. The first-order valence-electron chi connectivity index (χ1n) is 15.7. The number of allylic oxidation sites excluding steroid dienone is 1. The van der Waals surface area contributed by atoms with Gasteiger partial charge in [0.25, 0.3) is 5.91 Å². The van der Waals surface area contributed by atoms with Crippen LogP contribution < -0.4 is 5.73 Å². The standard InChI is InChI=1S/C36H37N3O7/c1-38(2)30-25-16-19-15-24-23(22-10-9-18(17-39-13-5-6-14-39)20-7-3-4-8-21(20)22)11-12-26(40)28(24)31(41)27(19)33(43)36(25,46)34(44)29(32(30)42)35(37)45/h3-4,7-12,19,25,30,40,42-43,46H,5-6,13-17H2,1-2H3,(H2,37,45)/t19-,25-,30?,36+/m1/s1. The molecule has 1 unspecified atom stereocenters. The fourth-order valence-corrected chi connectivity index (χ4v) is 8.42. The lowest BCUT2D eigenvalue weighted by Gasteiger charge is -2.50. The van der Waals surface area contributed by atoms with Gasteiger partial charge < -0.3 is 26.2 Å². The van der Waals surface area contributed by atoms with Crippen LogP contribution in [0.15, 0.2) is 71.2 Å². The molecular formula is C36H37N3O7. The molecular weight excluding hydrogens is 586 g/mol. The average molecular weight is 624 g/mol. The number of hydrogen-bond acceptors (Lipinski definition) is 9. The Bertz CT molecular complexity index is 1900. The van der Waals surface area contributed by atoms with Crippen LogP contribution in [0.25, 0.3) is 21.9 Å². The van der Waals surface area contributed by atoms with Gasteiger partial charge in [0.2, 0.25) is 5.78 Å². The maximum atomic E-state index is 14.2. The average Bonchev–Trinajstić information content (AvgIpc) is 3.52. The Hall–Kier alpha value is -4.51. The zero-order chi connectivity index (χ0) is 32.7. The Balaban J connectivity index is 1.38. The van der Waals surface area contributed by atoms with Gasteiger partial charge in [-0.2, -0.15) is 0 Å². The number of hydrogen-bond donors (Lipinski definition) is 5. The van der Waals surface area contributed by atoms with E-state index in [2.05, 4.69) is 29.2 Å². The van der Waals surface area contributed by atoms with Crippen molar-refractivity contribution < 1.29 is 34.8 Å². The van der Waals surface area contributed by atoms with Gasteiger partial charge >= 0.3 is 0 Å². The van der Waals surface area contributed by atoms with E-state index in [1.165, 1.54) is 24.5 Å². The van der Waals surface area contributed by atoms with E-state index in [1.807, 2.05) is 12.1 Å². The van der Waals surface area contributed by atoms with Gasteiger partial charge in [0, 0.05) is 18.0 Å². The lowest BCUT2D eigenvalue weighted by atomic mass is 9.58. The van der Waals surface area contributed by atoms with E-state index in [0.29, 0.717) is 5.56 Å². The van der Waals surface area contributed by atoms with Crippen LogP contribution in [-0.2, 0) is 22.6 Å². The second-order valence-corrected chi connectivity index (χ2v) is 13.2. The first-order chi connectivity index (χ1) is 21.9. The van der Waals surface area contributed by atoms with E-state index < -0.39 is 58.0 Å². The predicted molar refractivity (Wildman–Crippen MR) is 171 cm³/mol. The Morgan fingerprint density at radius 3 is 2.33 bits per heavy atom. The molecule has 6 N–H and O–H groups in total. The number of phenolic OH excluding ortho intramolecular Hbond substituents is 1. The molecule has 4 aliphatic rings. The normalized spacial score (nSPS) is 26.5. The molecule has 3 aromatic carbocycles. The number of carbonyl (C=O) groups excluding carboxylic acids is 3. The minimum absolute atomic E-state index is 0.00325. The Labute approximate surface area is 266 Å². The Morgan fingerprint density at radius 2 is 1.65 bits per heavy atom. The fraction of sp³-hybridized carbons (Fsp3) is 0.361. The summed E-state index contributed by atoms with van der Waals surface area (Å²) in [5.41, 5.74) is 5.27. The summed E-state index contributed by atoms with van der Waals surface area (Å²) in [6.07, 6.45) is 2.65. The zero-order valence-corrected chi connectivity index (χ0v) is 25.8. The van der Waals surface area contributed by atoms with Crippen molar-refractivity contribution in [1.29, 1.82) is 0 Å². The third-order valence-electron chi connectivity index (χ3n) is 10.5. The quantitative estimate of drug-likeness (QED) is 0.268. The number of aliphatic hydroxyl groups is 3. The number of likely N-dealkylation sites (N-methyl/N-ethyl adjacent to an activating group) is 1. The van der Waals surface area contributed by atoms with Gasteiger partial charge in [0.15, 0.2) is 11.4 Å². The van der Waals surface area contributed by atoms with Crippen LogP contribution in [0.1, 0.15) is 40.7 Å². The molecule has 7 rings (SSSR count). The monoisotopic (exact) mass is 623 g/mol. The van der Waals surface area contributed by atoms with Crippen molar-refractivity contribution in [3.05, 3.63) is 87.9 Å². The topological polar surface area (TPSA) is 165 Å². The van der Waals surface area contributed by atoms with E-state index in [1.54, 1.807) is 25.1 Å². The molecule has 3 aromatic rings. The van der Waals surface area contributed by atoms with Crippen molar-refractivity contribution in [1.82, 2.24) is 9.80 Å². The summed E-state index contributed by atoms with van der Waals surface area (Å²) < 4.78 is 0. The van der Waals surface area contributed by atoms with Crippen molar-refractivity contribution in [3.8, 4) is 16.9 Å². The van der Waals surface area contributed by atoms with Crippen LogP contribution >= 0.6 is 0 Å². The van der Waals surface area contributed by atoms with Gasteiger partial charge in [-0.15, -0.1) is 0 Å². The molecule has 1 saturated heterocycles. The van der Waals surface area contributed by atoms with E-state index in [4.69, 9.17) is 5.73 Å². The highest BCUT2D eigenvalue weighted by molar-refractivity contribution is 6.25. The third-order valence-corrected chi connectivity index (χ3v) is 10.5. The maximum absolute atomic E-state index is 14.2. The summed E-state index contributed by atoms with van der Waals surface area (Å²) in [6, 6.07) is 14.5. The SMILES string of the molecule is CN(C)C1C(O)=C(C(N)=O)C(=O)[C@@]2(O)C(O)=C3C(=O)c4c(O)ccc(-c5ccc(CN6CCCC6)c6ccccc56)c4C[C@@H]3C[C@H]12. The molecule has 0 saturated carbocycles. The number of aliphatic hydroxyl groups excluding tert-OH is 2. The molecule has 46 heavy (non-hydrogen) atoms. The van der Waals surface area contributed by atoms with Crippen molar-refractivity contribution >= 4 is 28.2 Å². The number of fused-ring (bicyclic) bond motifs is 4. The molecule has 4 atom stereocenters. The summed E-state index contributed by atoms with van der Waals surface area (Å²) >= 11 is 0. The van der Waals surface area contributed by atoms with Crippen LogP contribution in [0.4, 0.5) is 0 Å². The van der Waals surface area contributed by atoms with Gasteiger partial charge in [-0.3, -0.25) is 24.2 Å². The van der Waals surface area contributed by atoms with Gasteiger partial charge in [-0.25, -0.2) is 0 Å². The minimum atomic E-state index is -2.67. The minimum Gasteiger partial charge on any atom is -0.510 e. The highest BCUT2D eigenvalue weighted by Crippen LogP contribution is 2.53. The summed E-state index contributed by atoms with van der Waals surface area (Å²) in [4.78, 5) is 44.0. The van der Waals surface area contributed by atoms with Crippen molar-refractivity contribution in [3.63, 3.8) is 0 Å². The van der Waals surface area contributed by atoms with Gasteiger partial charge in [0.05, 0.1) is 11.6 Å². The van der Waals surface area contributed by atoms with Gasteiger partial charge in [0.1, 0.15) is 22.8 Å². The molecule has 10 heteroatoms. The number of amides is 1. The largest absolute Gasteiger partial charge is 0.510 e. The van der Waals surface area contributed by atoms with Crippen LogP contribution in [-0.4, -0.2) is 86.5 Å². The highest BCUT2D eigenvalue weighted by Gasteiger charge is 2.63. The molecule has 1 aliphatic heterocycles. The van der Waals surface area contributed by atoms with Crippen molar-refractivity contribution in [2.75, 3.05) is 27.2 Å². The van der Waals surface area contributed by atoms with Crippen LogP contribution in [0.3, 0.4) is 0 Å². The molecule has 0 radical (unpaired) electrons. The molecule has 3 aliphatic carbocycles. The van der Waals surface area contributed by atoms with E-state index in [9.17, 15) is 34.8 Å². The fourth-order valence-electron chi connectivity index (χ4n) is 8.42. The first-order valence-corrected chi connectivity index (χ1v) is 15.7. The summed E-state index contributed by atoms with van der Waals surface area (Å²) in [6.45, 7) is 2.99. The van der Waals surface area contributed by atoms with Crippen molar-refractivity contribution in [2.45, 2.75) is 43.9 Å². The second-order valence-electron chi connectivity index (χ2n) is 13.2. The number of likely N-dealkylation sites (tertiary alicyclic amines) is 1. The van der Waals surface area contributed by atoms with Crippen molar-refractivity contribution in [2.24, 2.45) is 17.6 Å².